The molecule has 1 aliphatic rings. The average molecular weight is 390 g/mol. The third kappa shape index (κ3) is 6.44. The molecule has 0 radical (unpaired) electrons. The van der Waals surface area contributed by atoms with Crippen molar-refractivity contribution in [2.75, 3.05) is 30.3 Å². The first-order valence-corrected chi connectivity index (χ1v) is 9.94. The molecule has 5 amide bonds. The van der Waals surface area contributed by atoms with Crippen LogP contribution in [0.2, 0.25) is 0 Å². The number of benzene rings is 1. The number of anilines is 2. The van der Waals surface area contributed by atoms with Gasteiger partial charge >= 0.3 is 12.1 Å². The number of urea groups is 2. The maximum atomic E-state index is 12.5. The lowest BCUT2D eigenvalue weighted by Crippen LogP contribution is -2.46. The summed E-state index contributed by atoms with van der Waals surface area (Å²) in [6.45, 7) is 7.48. The van der Waals surface area contributed by atoms with E-state index in [0.717, 1.165) is 19.3 Å². The summed E-state index contributed by atoms with van der Waals surface area (Å²) in [5.74, 6) is -0.152. The van der Waals surface area contributed by atoms with E-state index in [1.165, 1.54) is 0 Å². The molecular formula is C20H31N5O3. The van der Waals surface area contributed by atoms with Crippen LogP contribution in [0.4, 0.5) is 21.0 Å². The van der Waals surface area contributed by atoms with E-state index in [9.17, 15) is 14.4 Å². The molecule has 8 nitrogen and oxygen atoms in total. The number of hydrogen-bond acceptors (Lipinski definition) is 3. The topological polar surface area (TPSA) is 103 Å². The Morgan fingerprint density at radius 2 is 1.75 bits per heavy atom. The first-order chi connectivity index (χ1) is 13.4. The van der Waals surface area contributed by atoms with Crippen LogP contribution in [-0.4, -0.2) is 48.5 Å². The Morgan fingerprint density at radius 1 is 1.11 bits per heavy atom. The minimum Gasteiger partial charge on any atom is -0.356 e. The van der Waals surface area contributed by atoms with Gasteiger partial charge in [-0.1, -0.05) is 6.92 Å². The number of nitrogens with zero attached hydrogens (tertiary/aromatic N) is 1. The molecule has 2 atom stereocenters. The zero-order valence-corrected chi connectivity index (χ0v) is 16.9. The molecule has 4 N–H and O–H groups in total. The smallest absolute Gasteiger partial charge is 0.321 e. The quantitative estimate of drug-likeness (QED) is 0.601. The van der Waals surface area contributed by atoms with Gasteiger partial charge in [-0.15, -0.1) is 0 Å². The van der Waals surface area contributed by atoms with E-state index < -0.39 is 0 Å². The molecule has 1 heterocycles. The highest BCUT2D eigenvalue weighted by molar-refractivity contribution is 5.92. The van der Waals surface area contributed by atoms with E-state index in [0.29, 0.717) is 31.0 Å². The van der Waals surface area contributed by atoms with Gasteiger partial charge in [-0.2, -0.15) is 0 Å². The Balaban J connectivity index is 1.86. The lowest BCUT2D eigenvalue weighted by molar-refractivity contribution is -0.126. The summed E-state index contributed by atoms with van der Waals surface area (Å²) < 4.78 is 0. The molecule has 154 valence electrons. The number of likely N-dealkylation sites (tertiary alicyclic amines) is 1. The van der Waals surface area contributed by atoms with E-state index in [4.69, 9.17) is 0 Å². The van der Waals surface area contributed by atoms with Gasteiger partial charge in [-0.05, 0) is 57.4 Å². The van der Waals surface area contributed by atoms with E-state index in [-0.39, 0.29) is 29.9 Å². The molecular weight excluding hydrogens is 358 g/mol. The van der Waals surface area contributed by atoms with Gasteiger partial charge in [0, 0.05) is 37.1 Å². The Bertz CT molecular complexity index is 677. The highest BCUT2D eigenvalue weighted by Crippen LogP contribution is 2.19. The van der Waals surface area contributed by atoms with Crippen molar-refractivity contribution in [1.29, 1.82) is 0 Å². The number of carbonyl (C=O) groups excluding carboxylic acids is 3. The first kappa shape index (κ1) is 21.5. The van der Waals surface area contributed by atoms with Crippen molar-refractivity contribution in [1.82, 2.24) is 15.5 Å². The molecule has 0 saturated carbocycles. The van der Waals surface area contributed by atoms with Crippen LogP contribution in [0.1, 0.15) is 40.0 Å². The minimum atomic E-state index is -0.254. The van der Waals surface area contributed by atoms with Crippen LogP contribution in [0, 0.1) is 5.92 Å². The van der Waals surface area contributed by atoms with Crippen molar-refractivity contribution in [3.8, 4) is 0 Å². The van der Waals surface area contributed by atoms with Gasteiger partial charge in [0.25, 0.3) is 0 Å². The summed E-state index contributed by atoms with van der Waals surface area (Å²) in [7, 11) is 0. The zero-order chi connectivity index (χ0) is 20.5. The average Bonchev–Trinajstić information content (AvgIpc) is 2.69. The molecule has 1 aromatic carbocycles. The molecule has 2 rings (SSSR count). The number of carbonyl (C=O) groups is 3. The summed E-state index contributed by atoms with van der Waals surface area (Å²) in [6.07, 6.45) is 2.47. The molecule has 0 bridgehead atoms. The molecule has 0 aliphatic carbocycles. The van der Waals surface area contributed by atoms with Gasteiger partial charge in [0.1, 0.15) is 0 Å². The molecule has 1 fully saturated rings. The second-order valence-electron chi connectivity index (χ2n) is 7.10. The molecule has 1 saturated heterocycles. The monoisotopic (exact) mass is 389 g/mol. The first-order valence-electron chi connectivity index (χ1n) is 9.94. The maximum Gasteiger partial charge on any atom is 0.321 e. The number of piperidine rings is 1. The summed E-state index contributed by atoms with van der Waals surface area (Å²) in [5.41, 5.74) is 1.28. The fourth-order valence-electron chi connectivity index (χ4n) is 3.03. The van der Waals surface area contributed by atoms with Crippen LogP contribution in [0.3, 0.4) is 0 Å². The highest BCUT2D eigenvalue weighted by atomic mass is 16.2. The van der Waals surface area contributed by atoms with Crippen LogP contribution in [0.15, 0.2) is 24.3 Å². The van der Waals surface area contributed by atoms with E-state index in [2.05, 4.69) is 21.3 Å². The van der Waals surface area contributed by atoms with E-state index in [1.54, 1.807) is 29.2 Å². The Hall–Kier alpha value is -2.77. The van der Waals surface area contributed by atoms with Crippen molar-refractivity contribution >= 4 is 29.3 Å². The second kappa shape index (κ2) is 10.5. The number of hydrogen-bond donors (Lipinski definition) is 4. The standard InChI is InChI=1S/C20H31N5O3/c1-4-14(3)22-19(27)23-16-8-10-17(11-9-16)24-20(28)25-12-6-7-15(13-25)18(26)21-5-2/h8-11,14-15H,4-7,12-13H2,1-3H3,(H,21,26)(H,24,28)(H2,22,23,27)/t14-,15-/m1/s1. The predicted molar refractivity (Wildman–Crippen MR) is 110 cm³/mol. The maximum absolute atomic E-state index is 12.5. The molecule has 0 aromatic heterocycles. The Kier molecular flexibility index (Phi) is 8.10. The van der Waals surface area contributed by atoms with Crippen LogP contribution in [-0.2, 0) is 4.79 Å². The van der Waals surface area contributed by atoms with Gasteiger partial charge in [0.15, 0.2) is 0 Å². The molecule has 1 aliphatic heterocycles. The van der Waals surface area contributed by atoms with E-state index in [1.807, 2.05) is 20.8 Å². The Labute approximate surface area is 166 Å². The second-order valence-corrected chi connectivity index (χ2v) is 7.10. The molecule has 0 spiro atoms. The van der Waals surface area contributed by atoms with Crippen LogP contribution in [0.5, 0.6) is 0 Å². The fraction of sp³-hybridized carbons (Fsp3) is 0.550. The molecule has 0 unspecified atom stereocenters. The number of rotatable bonds is 6. The van der Waals surface area contributed by atoms with Gasteiger partial charge in [0.05, 0.1) is 5.92 Å². The van der Waals surface area contributed by atoms with Crippen molar-refractivity contribution in [2.45, 2.75) is 46.1 Å². The summed E-state index contributed by atoms with van der Waals surface area (Å²) >= 11 is 0. The van der Waals surface area contributed by atoms with Crippen molar-refractivity contribution < 1.29 is 14.4 Å². The minimum absolute atomic E-state index is 0.00564. The van der Waals surface area contributed by atoms with Crippen LogP contribution < -0.4 is 21.3 Å². The summed E-state index contributed by atoms with van der Waals surface area (Å²) in [4.78, 5) is 38.1. The number of nitrogens with one attached hydrogen (secondary N) is 4. The fourth-order valence-corrected chi connectivity index (χ4v) is 3.03. The van der Waals surface area contributed by atoms with E-state index >= 15 is 0 Å². The largest absolute Gasteiger partial charge is 0.356 e. The van der Waals surface area contributed by atoms with Crippen LogP contribution in [0.25, 0.3) is 0 Å². The predicted octanol–water partition coefficient (Wildman–Crippen LogP) is 2.99. The Morgan fingerprint density at radius 3 is 2.36 bits per heavy atom. The van der Waals surface area contributed by atoms with Gasteiger partial charge < -0.3 is 26.2 Å². The van der Waals surface area contributed by atoms with Crippen molar-refractivity contribution in [2.24, 2.45) is 5.92 Å². The SMILES string of the molecule is CCNC(=O)[C@@H]1CCCN(C(=O)Nc2ccc(NC(=O)N[C@H](C)CC)cc2)C1. The molecule has 8 heteroatoms. The van der Waals surface area contributed by atoms with Crippen molar-refractivity contribution in [3.05, 3.63) is 24.3 Å². The normalized spacial score (nSPS) is 17.4. The molecule has 1 aromatic rings. The van der Waals surface area contributed by atoms with Gasteiger partial charge in [-0.3, -0.25) is 4.79 Å². The third-order valence-corrected chi connectivity index (χ3v) is 4.81. The molecule has 28 heavy (non-hydrogen) atoms. The van der Waals surface area contributed by atoms with Crippen LogP contribution >= 0.6 is 0 Å². The lowest BCUT2D eigenvalue weighted by Gasteiger charge is -2.32. The summed E-state index contributed by atoms with van der Waals surface area (Å²) in [6, 6.07) is 6.58. The van der Waals surface area contributed by atoms with Gasteiger partial charge in [-0.25, -0.2) is 9.59 Å². The van der Waals surface area contributed by atoms with Crippen molar-refractivity contribution in [3.63, 3.8) is 0 Å². The number of amides is 5. The zero-order valence-electron chi connectivity index (χ0n) is 16.9. The van der Waals surface area contributed by atoms with Gasteiger partial charge in [0.2, 0.25) is 5.91 Å². The lowest BCUT2D eigenvalue weighted by atomic mass is 9.97. The highest BCUT2D eigenvalue weighted by Gasteiger charge is 2.28. The third-order valence-electron chi connectivity index (χ3n) is 4.81. The summed E-state index contributed by atoms with van der Waals surface area (Å²) in [5, 5.41) is 11.3.